The first-order valence-corrected chi connectivity index (χ1v) is 12.2. The molecule has 0 amide bonds. The summed E-state index contributed by atoms with van der Waals surface area (Å²) >= 11 is 0. The lowest BCUT2D eigenvalue weighted by molar-refractivity contribution is 0.121. The normalized spacial score (nSPS) is 19.7. The number of hydrogen-bond donors (Lipinski definition) is 0. The quantitative estimate of drug-likeness (QED) is 0.463. The maximum absolute atomic E-state index is 13.6. The molecule has 34 heavy (non-hydrogen) atoms. The van der Waals surface area contributed by atoms with E-state index in [-0.39, 0.29) is 5.92 Å². The van der Waals surface area contributed by atoms with Gasteiger partial charge in [-0.25, -0.2) is 4.98 Å². The molecular formula is C29H34FN3O. The molecule has 0 saturated carbocycles. The lowest BCUT2D eigenvalue weighted by Gasteiger charge is -2.38. The van der Waals surface area contributed by atoms with Crippen LogP contribution in [0.4, 0.5) is 10.1 Å². The van der Waals surface area contributed by atoms with Gasteiger partial charge in [-0.2, -0.15) is 4.39 Å². The first-order valence-electron chi connectivity index (χ1n) is 12.2. The van der Waals surface area contributed by atoms with Crippen LogP contribution in [0.15, 0.2) is 48.7 Å². The minimum atomic E-state index is -0.452. The van der Waals surface area contributed by atoms with E-state index in [1.165, 1.54) is 39.6 Å². The third-order valence-corrected chi connectivity index (χ3v) is 7.63. The van der Waals surface area contributed by atoms with Crippen molar-refractivity contribution in [2.45, 2.75) is 52.7 Å². The van der Waals surface area contributed by atoms with E-state index in [2.05, 4.69) is 79.7 Å². The van der Waals surface area contributed by atoms with Gasteiger partial charge in [-0.1, -0.05) is 36.4 Å². The molecule has 2 aromatic carbocycles. The second kappa shape index (κ2) is 8.70. The zero-order valence-corrected chi connectivity index (χ0v) is 20.9. The maximum atomic E-state index is 13.6. The van der Waals surface area contributed by atoms with Gasteiger partial charge in [0.1, 0.15) is 11.4 Å². The molecule has 2 aliphatic rings. The highest BCUT2D eigenvalue weighted by Gasteiger charge is 2.45. The third-order valence-electron chi connectivity index (χ3n) is 7.63. The van der Waals surface area contributed by atoms with Crippen molar-refractivity contribution >= 4 is 5.69 Å². The van der Waals surface area contributed by atoms with Crippen LogP contribution in [0.1, 0.15) is 53.1 Å². The molecular weight excluding hydrogens is 425 g/mol. The molecule has 0 unspecified atom stereocenters. The summed E-state index contributed by atoms with van der Waals surface area (Å²) in [4.78, 5) is 9.03. The van der Waals surface area contributed by atoms with Gasteiger partial charge in [0.05, 0.1) is 5.92 Å². The predicted molar refractivity (Wildman–Crippen MR) is 135 cm³/mol. The fourth-order valence-electron chi connectivity index (χ4n) is 5.85. The van der Waals surface area contributed by atoms with Gasteiger partial charge in [-0.15, -0.1) is 0 Å². The Morgan fingerprint density at radius 2 is 1.65 bits per heavy atom. The molecule has 1 aromatic heterocycles. The van der Waals surface area contributed by atoms with Gasteiger partial charge in [0.25, 0.3) is 0 Å². The van der Waals surface area contributed by atoms with E-state index in [0.717, 1.165) is 44.0 Å². The van der Waals surface area contributed by atoms with Crippen LogP contribution in [0.3, 0.4) is 0 Å². The minimum absolute atomic E-state index is 0.00743. The van der Waals surface area contributed by atoms with Crippen molar-refractivity contribution in [3.05, 3.63) is 88.0 Å². The summed E-state index contributed by atoms with van der Waals surface area (Å²) in [5.74, 6) is 0.542. The zero-order valence-electron chi connectivity index (χ0n) is 20.9. The van der Waals surface area contributed by atoms with Crippen molar-refractivity contribution in [1.82, 2.24) is 9.88 Å². The van der Waals surface area contributed by atoms with Gasteiger partial charge in [0.15, 0.2) is 0 Å². The Kier molecular flexibility index (Phi) is 5.85. The largest absolute Gasteiger partial charge is 0.486 e. The first kappa shape index (κ1) is 22.9. The van der Waals surface area contributed by atoms with E-state index < -0.39 is 11.5 Å². The number of hydrogen-bond acceptors (Lipinski definition) is 4. The van der Waals surface area contributed by atoms with Crippen molar-refractivity contribution in [2.75, 3.05) is 31.1 Å². The Balaban J connectivity index is 1.47. The molecule has 1 atom stereocenters. The molecule has 1 saturated heterocycles. The number of ether oxygens (including phenoxy) is 1. The van der Waals surface area contributed by atoms with Gasteiger partial charge in [-0.05, 0) is 68.5 Å². The maximum Gasteiger partial charge on any atom is 0.212 e. The molecule has 3 aromatic rings. The average molecular weight is 460 g/mol. The summed E-state index contributed by atoms with van der Waals surface area (Å²) in [6, 6.07) is 14.0. The molecule has 0 spiro atoms. The number of pyridine rings is 1. The summed E-state index contributed by atoms with van der Waals surface area (Å²) in [6.07, 6.45) is 1.66. The number of benzene rings is 2. The van der Waals surface area contributed by atoms with Crippen LogP contribution in [0.5, 0.6) is 5.75 Å². The second-order valence-electron chi connectivity index (χ2n) is 10.3. The fourth-order valence-corrected chi connectivity index (χ4v) is 5.85. The molecule has 178 valence electrons. The zero-order chi connectivity index (χ0) is 24.0. The van der Waals surface area contributed by atoms with Gasteiger partial charge in [0, 0.05) is 50.2 Å². The van der Waals surface area contributed by atoms with E-state index in [1.54, 1.807) is 6.20 Å². The smallest absolute Gasteiger partial charge is 0.212 e. The molecule has 2 aliphatic heterocycles. The number of halogens is 1. The molecule has 5 heteroatoms. The van der Waals surface area contributed by atoms with E-state index in [9.17, 15) is 4.39 Å². The van der Waals surface area contributed by atoms with Crippen LogP contribution < -0.4 is 9.64 Å². The number of nitrogens with zero attached hydrogens (tertiary/aromatic N) is 3. The molecule has 0 aliphatic carbocycles. The molecule has 0 bridgehead atoms. The van der Waals surface area contributed by atoms with E-state index >= 15 is 0 Å². The van der Waals surface area contributed by atoms with Gasteiger partial charge >= 0.3 is 0 Å². The van der Waals surface area contributed by atoms with Crippen LogP contribution in [-0.4, -0.2) is 41.7 Å². The van der Waals surface area contributed by atoms with Gasteiger partial charge in [-0.3, -0.25) is 4.90 Å². The highest BCUT2D eigenvalue weighted by molar-refractivity contribution is 5.72. The minimum Gasteiger partial charge on any atom is -0.486 e. The van der Waals surface area contributed by atoms with Crippen molar-refractivity contribution in [3.63, 3.8) is 0 Å². The molecule has 3 heterocycles. The van der Waals surface area contributed by atoms with Crippen molar-refractivity contribution in [3.8, 4) is 5.75 Å². The lowest BCUT2D eigenvalue weighted by Crippen LogP contribution is -2.46. The number of piperazine rings is 1. The summed E-state index contributed by atoms with van der Waals surface area (Å²) in [7, 11) is 0. The average Bonchev–Trinajstić information content (AvgIpc) is 3.11. The summed E-state index contributed by atoms with van der Waals surface area (Å²) in [6.45, 7) is 15.9. The summed E-state index contributed by atoms with van der Waals surface area (Å²) < 4.78 is 20.1. The van der Waals surface area contributed by atoms with Crippen LogP contribution in [-0.2, 0) is 6.54 Å². The Bertz CT molecular complexity index is 1180. The van der Waals surface area contributed by atoms with E-state index in [1.807, 2.05) is 6.07 Å². The SMILES string of the molecule is Cc1c(C)c(N2CCN(Cc3ccccc3)CC2)c(C)c2c1OC(C)(C)[C@@H]2c1ccc(F)nc1. The monoisotopic (exact) mass is 459 g/mol. The van der Waals surface area contributed by atoms with Crippen molar-refractivity contribution < 1.29 is 9.13 Å². The number of rotatable bonds is 4. The molecule has 4 nitrogen and oxygen atoms in total. The number of aromatic nitrogens is 1. The summed E-state index contributed by atoms with van der Waals surface area (Å²) in [5.41, 5.74) is 8.25. The van der Waals surface area contributed by atoms with Crippen LogP contribution in [0, 0.1) is 26.7 Å². The Morgan fingerprint density at radius 3 is 2.29 bits per heavy atom. The Labute approximate surface area is 202 Å². The second-order valence-corrected chi connectivity index (χ2v) is 10.3. The van der Waals surface area contributed by atoms with Crippen LogP contribution in [0.25, 0.3) is 0 Å². The standard InChI is InChI=1S/C29H34FN3O/c1-19-20(2)28-25(26(29(4,5)34-28)23-11-12-24(30)31-17-23)21(3)27(19)33-15-13-32(14-16-33)18-22-9-7-6-8-10-22/h6-12,17,26H,13-16,18H2,1-5H3/t26-/m1/s1. The molecule has 5 rings (SSSR count). The number of fused-ring (bicyclic) bond motifs is 1. The Hall–Kier alpha value is -2.92. The number of anilines is 1. The van der Waals surface area contributed by atoms with E-state index in [0.29, 0.717) is 0 Å². The van der Waals surface area contributed by atoms with E-state index in [4.69, 9.17) is 4.74 Å². The first-order chi connectivity index (χ1) is 16.3. The van der Waals surface area contributed by atoms with Crippen LogP contribution >= 0.6 is 0 Å². The predicted octanol–water partition coefficient (Wildman–Crippen LogP) is 5.77. The highest BCUT2D eigenvalue weighted by atomic mass is 19.1. The topological polar surface area (TPSA) is 28.6 Å². The molecule has 0 radical (unpaired) electrons. The Morgan fingerprint density at radius 1 is 0.941 bits per heavy atom. The molecule has 1 fully saturated rings. The van der Waals surface area contributed by atoms with Crippen molar-refractivity contribution in [2.24, 2.45) is 0 Å². The highest BCUT2D eigenvalue weighted by Crippen LogP contribution is 2.54. The van der Waals surface area contributed by atoms with Crippen molar-refractivity contribution in [1.29, 1.82) is 0 Å². The van der Waals surface area contributed by atoms with Gasteiger partial charge in [0.2, 0.25) is 5.95 Å². The summed E-state index contributed by atoms with van der Waals surface area (Å²) in [5, 5.41) is 0. The lowest BCUT2D eigenvalue weighted by atomic mass is 9.79. The third kappa shape index (κ3) is 3.96. The van der Waals surface area contributed by atoms with Crippen LogP contribution in [0.2, 0.25) is 0 Å². The fraction of sp³-hybridized carbons (Fsp3) is 0.414. The van der Waals surface area contributed by atoms with Gasteiger partial charge < -0.3 is 9.64 Å². The molecule has 0 N–H and O–H groups in total.